The van der Waals surface area contributed by atoms with E-state index in [0.717, 1.165) is 5.69 Å². The van der Waals surface area contributed by atoms with E-state index in [1.165, 1.54) is 0 Å². The maximum atomic E-state index is 13.9. The first kappa shape index (κ1) is 24.7. The molecule has 2 aliphatic heterocycles. The molecule has 3 heterocycles. The number of nitrogens with one attached hydrogen (secondary N) is 2. The molecule has 0 spiro atoms. The molecule has 2 N–H and O–H groups in total. The van der Waals surface area contributed by atoms with Gasteiger partial charge in [-0.2, -0.15) is 0 Å². The average molecular weight is 496 g/mol. The lowest BCUT2D eigenvalue weighted by Crippen LogP contribution is -2.49. The highest BCUT2D eigenvalue weighted by Crippen LogP contribution is 2.39. The largest absolute Gasteiger partial charge is 0.349 e. The van der Waals surface area contributed by atoms with Gasteiger partial charge in [0.2, 0.25) is 5.91 Å². The molecule has 0 aliphatic carbocycles. The van der Waals surface area contributed by atoms with Gasteiger partial charge in [-0.15, -0.1) is 0 Å². The predicted octanol–water partition coefficient (Wildman–Crippen LogP) is 3.65. The van der Waals surface area contributed by atoms with Crippen molar-refractivity contribution >= 4 is 29.4 Å². The zero-order valence-corrected chi connectivity index (χ0v) is 20.9. The molecule has 2 atom stereocenters. The highest BCUT2D eigenvalue weighted by atomic mass is 35.5. The molecule has 184 valence electrons. The monoisotopic (exact) mass is 495 g/mol. The summed E-state index contributed by atoms with van der Waals surface area (Å²) in [4.78, 5) is 47.6. The summed E-state index contributed by atoms with van der Waals surface area (Å²) >= 11 is 6.45. The zero-order valence-electron chi connectivity index (χ0n) is 20.1. The van der Waals surface area contributed by atoms with Gasteiger partial charge in [0.15, 0.2) is 0 Å². The molecule has 0 fully saturated rings. The fourth-order valence-corrected chi connectivity index (χ4v) is 4.91. The van der Waals surface area contributed by atoms with Crippen LogP contribution in [0.25, 0.3) is 0 Å². The van der Waals surface area contributed by atoms with E-state index in [0.29, 0.717) is 34.8 Å². The minimum absolute atomic E-state index is 0.174. The smallest absolute Gasteiger partial charge is 0.322 e. The second-order valence-electron chi connectivity index (χ2n) is 9.13. The maximum Gasteiger partial charge on any atom is 0.322 e. The molecule has 35 heavy (non-hydrogen) atoms. The Labute approximate surface area is 210 Å². The van der Waals surface area contributed by atoms with Crippen molar-refractivity contribution in [3.8, 4) is 0 Å². The summed E-state index contributed by atoms with van der Waals surface area (Å²) < 4.78 is 0. The second-order valence-corrected chi connectivity index (χ2v) is 9.53. The van der Waals surface area contributed by atoms with Crippen LogP contribution in [0.15, 0.2) is 59.9 Å². The Bertz CT molecular complexity index is 1150. The molecule has 0 saturated heterocycles. The van der Waals surface area contributed by atoms with E-state index in [2.05, 4.69) is 15.6 Å². The van der Waals surface area contributed by atoms with Crippen LogP contribution in [0.5, 0.6) is 0 Å². The molecule has 0 bridgehead atoms. The SMILES string of the molecule is CCN1C(=O)NC(c2ccccc2Cl)C2=C1CN(C(CC(C)C)C(=O)NCc1ccccn1)C2=O. The number of amides is 4. The first-order valence-electron chi connectivity index (χ1n) is 11.9. The third-order valence-corrected chi connectivity index (χ3v) is 6.67. The van der Waals surface area contributed by atoms with Gasteiger partial charge in [0.05, 0.1) is 36.1 Å². The Hall–Kier alpha value is -3.39. The van der Waals surface area contributed by atoms with Crippen molar-refractivity contribution in [3.63, 3.8) is 0 Å². The minimum atomic E-state index is -0.683. The standard InChI is InChI=1S/C26H30ClN5O3/c1-4-31-21-15-32(20(13-16(2)3)24(33)29-14-17-9-7-8-12-28-17)25(34)22(21)23(30-26(31)35)18-10-5-6-11-19(18)27/h5-12,16,20,23H,4,13-15H2,1-3H3,(H,29,33)(H,30,35). The van der Waals surface area contributed by atoms with E-state index in [-0.39, 0.29) is 36.9 Å². The van der Waals surface area contributed by atoms with Crippen molar-refractivity contribution in [3.05, 3.63) is 76.2 Å². The highest BCUT2D eigenvalue weighted by molar-refractivity contribution is 6.31. The molecule has 8 nitrogen and oxygen atoms in total. The lowest BCUT2D eigenvalue weighted by molar-refractivity contribution is -0.137. The van der Waals surface area contributed by atoms with E-state index in [1.807, 2.05) is 45.0 Å². The molecule has 9 heteroatoms. The van der Waals surface area contributed by atoms with Crippen LogP contribution in [0.2, 0.25) is 5.02 Å². The quantitative estimate of drug-likeness (QED) is 0.584. The lowest BCUT2D eigenvalue weighted by atomic mass is 9.95. The van der Waals surface area contributed by atoms with Gasteiger partial charge in [0.1, 0.15) is 6.04 Å². The lowest BCUT2D eigenvalue weighted by Gasteiger charge is -2.33. The van der Waals surface area contributed by atoms with Crippen molar-refractivity contribution < 1.29 is 14.4 Å². The number of benzene rings is 1. The Balaban J connectivity index is 1.65. The Kier molecular flexibility index (Phi) is 7.40. The number of nitrogens with zero attached hydrogens (tertiary/aromatic N) is 3. The van der Waals surface area contributed by atoms with Crippen molar-refractivity contribution in [2.45, 2.75) is 45.8 Å². The Morgan fingerprint density at radius 2 is 1.94 bits per heavy atom. The minimum Gasteiger partial charge on any atom is -0.349 e. The number of likely N-dealkylation sites (N-methyl/N-ethyl adjacent to an activating group) is 1. The van der Waals surface area contributed by atoms with Gasteiger partial charge in [-0.3, -0.25) is 19.5 Å². The molecule has 2 aromatic rings. The molecule has 2 aliphatic rings. The first-order valence-corrected chi connectivity index (χ1v) is 12.2. The van der Waals surface area contributed by atoms with E-state index >= 15 is 0 Å². The summed E-state index contributed by atoms with van der Waals surface area (Å²) in [7, 11) is 0. The summed E-state index contributed by atoms with van der Waals surface area (Å²) in [5, 5.41) is 6.34. The number of hydrogen-bond acceptors (Lipinski definition) is 4. The van der Waals surface area contributed by atoms with Gasteiger partial charge in [-0.05, 0) is 43.0 Å². The van der Waals surface area contributed by atoms with E-state index < -0.39 is 12.1 Å². The molecule has 0 saturated carbocycles. The summed E-state index contributed by atoms with van der Waals surface area (Å²) in [6.45, 7) is 6.75. The van der Waals surface area contributed by atoms with Gasteiger partial charge in [0, 0.05) is 17.8 Å². The zero-order chi connectivity index (χ0) is 25.1. The second kappa shape index (κ2) is 10.5. The summed E-state index contributed by atoms with van der Waals surface area (Å²) in [6.07, 6.45) is 2.16. The number of rotatable bonds is 8. The van der Waals surface area contributed by atoms with Gasteiger partial charge >= 0.3 is 6.03 Å². The first-order chi connectivity index (χ1) is 16.8. The van der Waals surface area contributed by atoms with Crippen molar-refractivity contribution in [2.24, 2.45) is 5.92 Å². The molecule has 1 aromatic heterocycles. The van der Waals surface area contributed by atoms with Crippen LogP contribution < -0.4 is 10.6 Å². The number of halogens is 1. The van der Waals surface area contributed by atoms with Crippen LogP contribution in [-0.4, -0.2) is 51.8 Å². The van der Waals surface area contributed by atoms with Crippen LogP contribution in [0.4, 0.5) is 4.79 Å². The molecule has 4 amide bonds. The molecule has 0 radical (unpaired) electrons. The van der Waals surface area contributed by atoms with Crippen molar-refractivity contribution in [2.75, 3.05) is 13.1 Å². The third kappa shape index (κ3) is 5.03. The number of pyridine rings is 1. The van der Waals surface area contributed by atoms with Gasteiger partial charge in [-0.1, -0.05) is 49.7 Å². The third-order valence-electron chi connectivity index (χ3n) is 6.33. The molecule has 1 aromatic carbocycles. The van der Waals surface area contributed by atoms with Crippen LogP contribution in [0.3, 0.4) is 0 Å². The van der Waals surface area contributed by atoms with Crippen LogP contribution in [0.1, 0.15) is 44.5 Å². The van der Waals surface area contributed by atoms with E-state index in [4.69, 9.17) is 11.6 Å². The van der Waals surface area contributed by atoms with Crippen LogP contribution in [0, 0.1) is 5.92 Å². The van der Waals surface area contributed by atoms with Gasteiger partial charge in [-0.25, -0.2) is 4.79 Å². The number of carbonyl (C=O) groups excluding carboxylic acids is 3. The summed E-state index contributed by atoms with van der Waals surface area (Å²) in [6, 6.07) is 11.0. The number of aromatic nitrogens is 1. The molecule has 4 rings (SSSR count). The molecular weight excluding hydrogens is 466 g/mol. The number of carbonyl (C=O) groups is 3. The van der Waals surface area contributed by atoms with Crippen LogP contribution in [-0.2, 0) is 16.1 Å². The van der Waals surface area contributed by atoms with Crippen LogP contribution >= 0.6 is 11.6 Å². The average Bonchev–Trinajstić information content (AvgIpc) is 3.18. The molecular formula is C26H30ClN5O3. The number of urea groups is 1. The fraction of sp³-hybridized carbons (Fsp3) is 0.385. The van der Waals surface area contributed by atoms with Crippen molar-refractivity contribution in [1.82, 2.24) is 25.4 Å². The van der Waals surface area contributed by atoms with Crippen molar-refractivity contribution in [1.29, 1.82) is 0 Å². The fourth-order valence-electron chi connectivity index (χ4n) is 4.66. The number of hydrogen-bond donors (Lipinski definition) is 2. The maximum absolute atomic E-state index is 13.9. The topological polar surface area (TPSA) is 94.6 Å². The Morgan fingerprint density at radius 1 is 1.20 bits per heavy atom. The Morgan fingerprint density at radius 3 is 2.60 bits per heavy atom. The van der Waals surface area contributed by atoms with E-state index in [1.54, 1.807) is 34.2 Å². The highest BCUT2D eigenvalue weighted by Gasteiger charge is 2.47. The summed E-state index contributed by atoms with van der Waals surface area (Å²) in [5.41, 5.74) is 2.48. The van der Waals surface area contributed by atoms with Gasteiger partial charge in [0.25, 0.3) is 5.91 Å². The molecule has 2 unspecified atom stereocenters. The predicted molar refractivity (Wildman–Crippen MR) is 133 cm³/mol. The summed E-state index contributed by atoms with van der Waals surface area (Å²) in [5.74, 6) is -0.330. The normalized spacial score (nSPS) is 18.6. The van der Waals surface area contributed by atoms with Gasteiger partial charge < -0.3 is 15.5 Å². The van der Waals surface area contributed by atoms with E-state index in [9.17, 15) is 14.4 Å².